The molecule has 15 rings (SSSR count). The fourth-order valence-electron chi connectivity index (χ4n) is 11.4. The number of dihydropyridines is 2. The predicted octanol–water partition coefficient (Wildman–Crippen LogP) is 14.3. The van der Waals surface area contributed by atoms with Crippen molar-refractivity contribution in [1.82, 2.24) is 38.9 Å². The van der Waals surface area contributed by atoms with Crippen LogP contribution in [0.3, 0.4) is 0 Å². The van der Waals surface area contributed by atoms with E-state index in [1.54, 1.807) is 0 Å². The van der Waals surface area contributed by atoms with Gasteiger partial charge in [0, 0.05) is 43.1 Å². The number of nitrogens with one attached hydrogen (secondary N) is 2. The van der Waals surface area contributed by atoms with Crippen LogP contribution < -0.4 is 10.6 Å². The van der Waals surface area contributed by atoms with E-state index < -0.39 is 0 Å². The Labute approximate surface area is 401 Å². The van der Waals surface area contributed by atoms with E-state index in [9.17, 15) is 0 Å². The summed E-state index contributed by atoms with van der Waals surface area (Å²) in [7, 11) is 0. The van der Waals surface area contributed by atoms with Gasteiger partial charge in [-0.05, 0) is 84.9 Å². The Balaban J connectivity index is 0.817. The van der Waals surface area contributed by atoms with Gasteiger partial charge in [0.25, 0.3) is 0 Å². The molecule has 0 radical (unpaired) electrons. The van der Waals surface area contributed by atoms with Gasteiger partial charge in [-0.25, -0.2) is 9.97 Å². The molecule has 2 aliphatic rings. The molecule has 0 amide bonds. The van der Waals surface area contributed by atoms with Crippen molar-refractivity contribution in [1.29, 1.82) is 0 Å². The summed E-state index contributed by atoms with van der Waals surface area (Å²) in [6.07, 6.45) is 13.0. The molecule has 8 nitrogen and oxygen atoms in total. The lowest BCUT2D eigenvalue weighted by Crippen LogP contribution is -2.24. The van der Waals surface area contributed by atoms with Crippen LogP contribution in [-0.2, 0) is 0 Å². The van der Waals surface area contributed by atoms with Gasteiger partial charge in [-0.2, -0.15) is 0 Å². The van der Waals surface area contributed by atoms with Gasteiger partial charge >= 0.3 is 0 Å². The van der Waals surface area contributed by atoms with Crippen molar-refractivity contribution >= 4 is 98.9 Å². The lowest BCUT2D eigenvalue weighted by atomic mass is 10.1. The molecule has 0 saturated heterocycles. The second-order valence-corrected chi connectivity index (χ2v) is 18.3. The summed E-state index contributed by atoms with van der Waals surface area (Å²) in [4.78, 5) is 10.8. The molecule has 0 bridgehead atoms. The van der Waals surface area contributed by atoms with Crippen LogP contribution in [0.4, 0.5) is 0 Å². The SMILES string of the molecule is C1=CC(c2cccc(-n3c4ccccc4c4cc5c(cc43)c3ccccc3n5C3=CC=CC(c4cccc(-n5c6ccccc6c6ccccc65)n4)N3)n2)NC(n2c3ccccc3c3ccccc32)=C1. The second kappa shape index (κ2) is 15.1. The van der Waals surface area contributed by atoms with Gasteiger partial charge in [0.2, 0.25) is 0 Å². The molecular formula is C62H42N8. The number of nitrogens with zero attached hydrogens (tertiary/aromatic N) is 6. The number of para-hydroxylation sites is 6. The van der Waals surface area contributed by atoms with Gasteiger partial charge in [0.05, 0.1) is 67.6 Å². The van der Waals surface area contributed by atoms with Crippen LogP contribution >= 0.6 is 0 Å². The van der Waals surface area contributed by atoms with Crippen LogP contribution in [0.15, 0.2) is 231 Å². The topological polar surface area (TPSA) is 69.6 Å². The summed E-state index contributed by atoms with van der Waals surface area (Å²) in [6.45, 7) is 0. The maximum absolute atomic E-state index is 5.46. The first kappa shape index (κ1) is 38.7. The molecule has 0 spiro atoms. The molecular weight excluding hydrogens is 857 g/mol. The van der Waals surface area contributed by atoms with Crippen LogP contribution in [-0.4, -0.2) is 28.2 Å². The lowest BCUT2D eigenvalue weighted by molar-refractivity contribution is 0.710. The van der Waals surface area contributed by atoms with E-state index in [0.717, 1.165) is 73.2 Å². The molecule has 7 aromatic carbocycles. The second-order valence-electron chi connectivity index (χ2n) is 18.3. The van der Waals surface area contributed by atoms with E-state index >= 15 is 0 Å². The number of aromatic nitrogens is 6. The largest absolute Gasteiger partial charge is 0.359 e. The smallest absolute Gasteiger partial charge is 0.137 e. The van der Waals surface area contributed by atoms with Crippen molar-refractivity contribution in [3.8, 4) is 11.6 Å². The van der Waals surface area contributed by atoms with Gasteiger partial charge in [-0.3, -0.25) is 18.3 Å². The van der Waals surface area contributed by atoms with Crippen molar-refractivity contribution in [2.45, 2.75) is 12.1 Å². The average Bonchev–Trinajstić information content (AvgIpc) is 4.15. The molecule has 2 unspecified atom stereocenters. The summed E-state index contributed by atoms with van der Waals surface area (Å²) >= 11 is 0. The molecule has 2 aliphatic heterocycles. The average molecular weight is 899 g/mol. The first-order chi connectivity index (χ1) is 34.7. The zero-order valence-electron chi connectivity index (χ0n) is 37.8. The Morgan fingerprint density at radius 1 is 0.300 bits per heavy atom. The molecule has 6 aromatic heterocycles. The molecule has 2 atom stereocenters. The third-order valence-electron chi connectivity index (χ3n) is 14.4. The molecule has 0 fully saturated rings. The Morgan fingerprint density at radius 3 is 1.01 bits per heavy atom. The highest BCUT2D eigenvalue weighted by Gasteiger charge is 2.24. The van der Waals surface area contributed by atoms with E-state index in [-0.39, 0.29) is 12.1 Å². The number of pyridine rings is 2. The minimum absolute atomic E-state index is 0.141. The summed E-state index contributed by atoms with van der Waals surface area (Å²) < 4.78 is 9.33. The van der Waals surface area contributed by atoms with Crippen LogP contribution in [0.2, 0.25) is 0 Å². The maximum atomic E-state index is 5.46. The Morgan fingerprint density at radius 2 is 0.614 bits per heavy atom. The standard InChI is InChI=1S/C62H42N8/c1-7-27-51-39(17-1)40-18-2-8-28-52(40)67(51)59-33-13-23-47(63-59)49-25-15-35-61(65-49)69-55-31-11-5-21-43(55)45-38-58-46(37-57(45)69)44-22-6-12-32-56(44)70(58)62-36-16-26-50(66-62)48-24-14-34-60(64-48)68-53-29-9-3-19-41(53)42-20-4-10-30-54(42)68/h1-38,47,50,63,66H. The highest BCUT2D eigenvalue weighted by molar-refractivity contribution is 6.19. The molecule has 70 heavy (non-hydrogen) atoms. The first-order valence-electron chi connectivity index (χ1n) is 23.9. The van der Waals surface area contributed by atoms with E-state index in [2.05, 4.69) is 259 Å². The van der Waals surface area contributed by atoms with Crippen molar-refractivity contribution in [3.05, 3.63) is 242 Å². The molecule has 8 heterocycles. The zero-order chi connectivity index (χ0) is 45.9. The zero-order valence-corrected chi connectivity index (χ0v) is 37.8. The minimum atomic E-state index is -0.157. The van der Waals surface area contributed by atoms with Crippen molar-refractivity contribution < 1.29 is 0 Å². The molecule has 0 saturated carbocycles. The number of rotatable bonds is 6. The van der Waals surface area contributed by atoms with Gasteiger partial charge in [-0.15, -0.1) is 0 Å². The molecule has 2 N–H and O–H groups in total. The van der Waals surface area contributed by atoms with E-state index in [1.807, 2.05) is 0 Å². The number of benzene rings is 7. The van der Waals surface area contributed by atoms with E-state index in [1.165, 1.54) is 48.7 Å². The monoisotopic (exact) mass is 898 g/mol. The normalized spacial score (nSPS) is 16.0. The summed E-state index contributed by atoms with van der Waals surface area (Å²) in [5, 5.41) is 17.4. The first-order valence-corrected chi connectivity index (χ1v) is 23.9. The number of hydrogen-bond acceptors (Lipinski definition) is 4. The Bertz CT molecular complexity index is 4350. The van der Waals surface area contributed by atoms with Crippen LogP contribution in [0.1, 0.15) is 23.5 Å². The van der Waals surface area contributed by atoms with Gasteiger partial charge in [0.1, 0.15) is 23.3 Å². The minimum Gasteiger partial charge on any atom is -0.359 e. The highest BCUT2D eigenvalue weighted by Crippen LogP contribution is 2.41. The van der Waals surface area contributed by atoms with E-state index in [4.69, 9.17) is 9.97 Å². The molecule has 8 heteroatoms. The summed E-state index contributed by atoms with van der Waals surface area (Å²) in [6, 6.07) is 69.0. The third kappa shape index (κ3) is 5.71. The molecule has 13 aromatic rings. The van der Waals surface area contributed by atoms with Crippen LogP contribution in [0.5, 0.6) is 0 Å². The lowest BCUT2D eigenvalue weighted by Gasteiger charge is -2.24. The third-order valence-corrected chi connectivity index (χ3v) is 14.4. The highest BCUT2D eigenvalue weighted by atomic mass is 15.2. The summed E-state index contributed by atoms with van der Waals surface area (Å²) in [5.74, 6) is 3.77. The quantitative estimate of drug-likeness (QED) is 0.174. The number of fused-ring (bicyclic) bond motifs is 12. The van der Waals surface area contributed by atoms with Crippen molar-refractivity contribution in [2.24, 2.45) is 0 Å². The fourth-order valence-corrected chi connectivity index (χ4v) is 11.4. The van der Waals surface area contributed by atoms with Gasteiger partial charge in [-0.1, -0.05) is 146 Å². The van der Waals surface area contributed by atoms with Gasteiger partial charge < -0.3 is 10.6 Å². The van der Waals surface area contributed by atoms with E-state index in [0.29, 0.717) is 0 Å². The maximum Gasteiger partial charge on any atom is 0.137 e. The Kier molecular flexibility index (Phi) is 8.32. The van der Waals surface area contributed by atoms with Crippen LogP contribution in [0, 0.1) is 0 Å². The van der Waals surface area contributed by atoms with Gasteiger partial charge in [0.15, 0.2) is 0 Å². The summed E-state index contributed by atoms with van der Waals surface area (Å²) in [5.41, 5.74) is 11.0. The fraction of sp³-hybridized carbons (Fsp3) is 0.0323. The predicted molar refractivity (Wildman–Crippen MR) is 288 cm³/mol. The number of hydrogen-bond donors (Lipinski definition) is 2. The molecule has 330 valence electrons. The van der Waals surface area contributed by atoms with Crippen molar-refractivity contribution in [3.63, 3.8) is 0 Å². The van der Waals surface area contributed by atoms with Crippen molar-refractivity contribution in [2.75, 3.05) is 0 Å². The van der Waals surface area contributed by atoms with Crippen LogP contribution in [0.25, 0.3) is 111 Å². The Hall–Kier alpha value is -9.40. The molecule has 0 aliphatic carbocycles. The number of allylic oxidation sites excluding steroid dienone is 4.